The fraction of sp³-hybridized carbons (Fsp3) is 0.267. The predicted octanol–water partition coefficient (Wildman–Crippen LogP) is 0.647. The number of halogens is 2. The van der Waals surface area contributed by atoms with Crippen LogP contribution in [0.25, 0.3) is 10.9 Å². The van der Waals surface area contributed by atoms with Gasteiger partial charge in [-0.05, 0) is 31.5 Å². The Balaban J connectivity index is 2.45. The lowest BCUT2D eigenvalue weighted by Crippen LogP contribution is -2.43. The standard InChI is InChI=1S/C15H15F2N3O3/c1-6-8(5-11(21)19-7(2)14(18)22)15(23)20-10-4-3-9(16)13(17)12(6)10/h3-4,7H,5H2,1-2H3,(H2,18,22)(H,19,21)(H,20,23)/t7-/m1/s1. The lowest BCUT2D eigenvalue weighted by molar-refractivity contribution is -0.126. The zero-order valence-electron chi connectivity index (χ0n) is 12.5. The highest BCUT2D eigenvalue weighted by molar-refractivity contribution is 5.89. The Morgan fingerprint density at radius 2 is 2.00 bits per heavy atom. The minimum Gasteiger partial charge on any atom is -0.368 e. The molecule has 1 aromatic carbocycles. The monoisotopic (exact) mass is 323 g/mol. The molecule has 0 saturated heterocycles. The van der Waals surface area contributed by atoms with E-state index in [-0.39, 0.29) is 28.5 Å². The van der Waals surface area contributed by atoms with Crippen molar-refractivity contribution in [2.45, 2.75) is 26.3 Å². The van der Waals surface area contributed by atoms with Crippen molar-refractivity contribution < 1.29 is 18.4 Å². The van der Waals surface area contributed by atoms with Crippen LogP contribution in [0.2, 0.25) is 0 Å². The molecule has 2 rings (SSSR count). The lowest BCUT2D eigenvalue weighted by Gasteiger charge is -2.12. The summed E-state index contributed by atoms with van der Waals surface area (Å²) in [5.74, 6) is -3.49. The van der Waals surface area contributed by atoms with Crippen molar-refractivity contribution in [3.05, 3.63) is 45.2 Å². The van der Waals surface area contributed by atoms with E-state index in [0.29, 0.717) is 0 Å². The SMILES string of the molecule is Cc1c(CC(=O)N[C@H](C)C(N)=O)c(=O)[nH]c2ccc(F)c(F)c12. The third-order valence-electron chi connectivity index (χ3n) is 3.59. The number of aromatic nitrogens is 1. The summed E-state index contributed by atoms with van der Waals surface area (Å²) in [6.45, 7) is 2.83. The van der Waals surface area contributed by atoms with Crippen LogP contribution < -0.4 is 16.6 Å². The minimum absolute atomic E-state index is 0.00355. The van der Waals surface area contributed by atoms with Crippen molar-refractivity contribution in [3.8, 4) is 0 Å². The second kappa shape index (κ2) is 6.15. The van der Waals surface area contributed by atoms with E-state index in [1.807, 2.05) is 0 Å². The van der Waals surface area contributed by atoms with E-state index in [2.05, 4.69) is 10.3 Å². The Bertz CT molecular complexity index is 861. The van der Waals surface area contributed by atoms with Gasteiger partial charge in [-0.1, -0.05) is 0 Å². The summed E-state index contributed by atoms with van der Waals surface area (Å²) in [5.41, 5.74) is 4.76. The number of primary amides is 1. The fourth-order valence-corrected chi connectivity index (χ4v) is 2.28. The van der Waals surface area contributed by atoms with Crippen LogP contribution in [0.3, 0.4) is 0 Å². The first-order valence-electron chi connectivity index (χ1n) is 6.80. The van der Waals surface area contributed by atoms with Crippen molar-refractivity contribution in [2.24, 2.45) is 5.73 Å². The molecule has 0 unspecified atom stereocenters. The second-order valence-electron chi connectivity index (χ2n) is 5.21. The number of H-pyrrole nitrogens is 1. The van der Waals surface area contributed by atoms with Gasteiger partial charge < -0.3 is 16.0 Å². The second-order valence-corrected chi connectivity index (χ2v) is 5.21. The van der Waals surface area contributed by atoms with Crippen LogP contribution in [-0.2, 0) is 16.0 Å². The molecule has 0 spiro atoms. The first-order chi connectivity index (χ1) is 10.7. The topological polar surface area (TPSA) is 105 Å². The molecule has 1 heterocycles. The minimum atomic E-state index is -1.09. The van der Waals surface area contributed by atoms with Crippen LogP contribution in [0.4, 0.5) is 8.78 Å². The lowest BCUT2D eigenvalue weighted by atomic mass is 10.0. The van der Waals surface area contributed by atoms with Gasteiger partial charge in [0.2, 0.25) is 11.8 Å². The van der Waals surface area contributed by atoms with Crippen molar-refractivity contribution in [1.29, 1.82) is 0 Å². The molecule has 8 heteroatoms. The summed E-state index contributed by atoms with van der Waals surface area (Å²) in [6.07, 6.45) is -0.384. The number of benzene rings is 1. The van der Waals surface area contributed by atoms with Gasteiger partial charge in [-0.15, -0.1) is 0 Å². The Hall–Kier alpha value is -2.77. The Labute approximate surface area is 129 Å². The number of nitrogens with two attached hydrogens (primary N) is 1. The number of fused-ring (bicyclic) bond motifs is 1. The van der Waals surface area contributed by atoms with Crippen molar-refractivity contribution in [1.82, 2.24) is 10.3 Å². The van der Waals surface area contributed by atoms with Gasteiger partial charge in [-0.2, -0.15) is 0 Å². The average Bonchev–Trinajstić information content (AvgIpc) is 2.47. The number of carbonyl (C=O) groups excluding carboxylic acids is 2. The molecule has 0 aliphatic rings. The van der Waals surface area contributed by atoms with Gasteiger partial charge in [0.1, 0.15) is 6.04 Å². The van der Waals surface area contributed by atoms with E-state index in [0.717, 1.165) is 6.07 Å². The molecule has 0 bridgehead atoms. The highest BCUT2D eigenvalue weighted by Crippen LogP contribution is 2.23. The first kappa shape index (κ1) is 16.6. The largest absolute Gasteiger partial charge is 0.368 e. The van der Waals surface area contributed by atoms with E-state index in [9.17, 15) is 23.2 Å². The van der Waals surface area contributed by atoms with Crippen LogP contribution in [0.5, 0.6) is 0 Å². The maximum atomic E-state index is 14.0. The van der Waals surface area contributed by atoms with Gasteiger partial charge >= 0.3 is 0 Å². The van der Waals surface area contributed by atoms with Crippen LogP contribution in [0.15, 0.2) is 16.9 Å². The third-order valence-corrected chi connectivity index (χ3v) is 3.59. The molecule has 2 amide bonds. The van der Waals surface area contributed by atoms with Crippen LogP contribution >= 0.6 is 0 Å². The van der Waals surface area contributed by atoms with Gasteiger partial charge in [0, 0.05) is 10.9 Å². The fourth-order valence-electron chi connectivity index (χ4n) is 2.28. The van der Waals surface area contributed by atoms with E-state index in [4.69, 9.17) is 5.73 Å². The number of carbonyl (C=O) groups is 2. The Kier molecular flexibility index (Phi) is 4.44. The maximum absolute atomic E-state index is 14.0. The molecular formula is C15H15F2N3O3. The molecule has 6 nitrogen and oxygen atoms in total. The highest BCUT2D eigenvalue weighted by Gasteiger charge is 2.19. The number of hydrogen-bond donors (Lipinski definition) is 3. The summed E-state index contributed by atoms with van der Waals surface area (Å²) in [6, 6.07) is 1.26. The number of pyridine rings is 1. The molecule has 4 N–H and O–H groups in total. The van der Waals surface area contributed by atoms with E-state index >= 15 is 0 Å². The molecule has 23 heavy (non-hydrogen) atoms. The number of amides is 2. The van der Waals surface area contributed by atoms with Gasteiger partial charge in [0.15, 0.2) is 11.6 Å². The molecule has 0 fully saturated rings. The third kappa shape index (κ3) is 3.20. The van der Waals surface area contributed by atoms with Gasteiger partial charge in [0.25, 0.3) is 5.56 Å². The highest BCUT2D eigenvalue weighted by atomic mass is 19.2. The Morgan fingerprint density at radius 1 is 1.35 bits per heavy atom. The van der Waals surface area contributed by atoms with Crippen LogP contribution in [0.1, 0.15) is 18.1 Å². The number of nitrogens with one attached hydrogen (secondary N) is 2. The summed E-state index contributed by atoms with van der Waals surface area (Å²) < 4.78 is 27.4. The maximum Gasteiger partial charge on any atom is 0.252 e. The number of aryl methyl sites for hydroxylation is 1. The van der Waals surface area contributed by atoms with Crippen LogP contribution in [-0.4, -0.2) is 22.8 Å². The van der Waals surface area contributed by atoms with Crippen LogP contribution in [0, 0.1) is 18.6 Å². The summed E-state index contributed by atoms with van der Waals surface area (Å²) >= 11 is 0. The molecule has 0 aliphatic heterocycles. The van der Waals surface area contributed by atoms with E-state index < -0.39 is 35.0 Å². The van der Waals surface area contributed by atoms with Crippen molar-refractivity contribution >= 4 is 22.7 Å². The molecule has 0 radical (unpaired) electrons. The smallest absolute Gasteiger partial charge is 0.252 e. The average molecular weight is 323 g/mol. The molecule has 0 saturated carbocycles. The number of aromatic amines is 1. The normalized spacial score (nSPS) is 12.2. The zero-order chi connectivity index (χ0) is 17.3. The van der Waals surface area contributed by atoms with Gasteiger partial charge in [-0.3, -0.25) is 14.4 Å². The predicted molar refractivity (Wildman–Crippen MR) is 79.7 cm³/mol. The Morgan fingerprint density at radius 3 is 2.61 bits per heavy atom. The molecule has 1 aromatic heterocycles. The number of rotatable bonds is 4. The molecule has 0 aliphatic carbocycles. The zero-order valence-corrected chi connectivity index (χ0v) is 12.5. The van der Waals surface area contributed by atoms with Gasteiger partial charge in [0.05, 0.1) is 11.9 Å². The first-order valence-corrected chi connectivity index (χ1v) is 6.80. The van der Waals surface area contributed by atoms with E-state index in [1.165, 1.54) is 19.9 Å². The molecular weight excluding hydrogens is 308 g/mol. The van der Waals surface area contributed by atoms with E-state index in [1.54, 1.807) is 0 Å². The molecule has 1 atom stereocenters. The summed E-state index contributed by atoms with van der Waals surface area (Å²) in [7, 11) is 0. The van der Waals surface area contributed by atoms with Crippen molar-refractivity contribution in [3.63, 3.8) is 0 Å². The van der Waals surface area contributed by atoms with Crippen molar-refractivity contribution in [2.75, 3.05) is 0 Å². The molecule has 122 valence electrons. The summed E-state index contributed by atoms with van der Waals surface area (Å²) in [5, 5.41) is 2.23. The molecule has 2 aromatic rings. The summed E-state index contributed by atoms with van der Waals surface area (Å²) in [4.78, 5) is 37.3. The van der Waals surface area contributed by atoms with Gasteiger partial charge in [-0.25, -0.2) is 8.78 Å². The number of hydrogen-bond acceptors (Lipinski definition) is 3. The quantitative estimate of drug-likeness (QED) is 0.769.